The Kier molecular flexibility index (Phi) is 12.5. The van der Waals surface area contributed by atoms with Crippen LogP contribution in [0, 0.1) is 0 Å². The minimum absolute atomic E-state index is 0.0128. The molecule has 8 N–H and O–H groups in total. The molecule has 0 spiro atoms. The standard InChI is InChI=1S/C33H40N4O12S/c38-21-6-5-18(13-22(21)39)32-31(44)30(43)28-23(40)14-19(15-24(28)49-32)48-16-27(42)35-8-10-47-12-11-46-9-7-34-26(41)4-2-1-3-25-29-20(17-50-25)36-33(45)37-29/h5-6,13-15,20,25,29,38-40,44H,1-4,7-12,16-17H2,(H,34,41)(H,35,42)(H2,36,37,45)/t20-,25-,29-/m0/s1. The minimum Gasteiger partial charge on any atom is -0.507 e. The first kappa shape index (κ1) is 36.4. The number of thioether (sulfide) groups is 1. The topological polar surface area (TPSA) is 238 Å². The van der Waals surface area contributed by atoms with Crippen LogP contribution in [0.25, 0.3) is 22.3 Å². The number of phenolic OH excluding ortho intramolecular Hbond substituents is 3. The number of hydrogen-bond acceptors (Lipinski definition) is 13. The van der Waals surface area contributed by atoms with E-state index in [4.69, 9.17) is 18.6 Å². The maximum Gasteiger partial charge on any atom is 0.315 e. The zero-order valence-corrected chi connectivity index (χ0v) is 27.9. The van der Waals surface area contributed by atoms with Crippen molar-refractivity contribution in [3.63, 3.8) is 0 Å². The Morgan fingerprint density at radius 3 is 2.36 bits per heavy atom. The molecule has 2 saturated heterocycles. The Morgan fingerprint density at radius 2 is 1.62 bits per heavy atom. The van der Waals surface area contributed by atoms with Gasteiger partial charge < -0.3 is 60.3 Å². The minimum atomic E-state index is -0.928. The van der Waals surface area contributed by atoms with Crippen LogP contribution in [-0.4, -0.2) is 107 Å². The van der Waals surface area contributed by atoms with Crippen LogP contribution in [0.5, 0.6) is 28.7 Å². The van der Waals surface area contributed by atoms with Crippen molar-refractivity contribution in [2.45, 2.75) is 43.0 Å². The molecule has 3 aromatic rings. The SMILES string of the molecule is O=C(CCCC[C@@H]1SC[C@@H]2NC(=O)N[C@@H]21)NCCOCCOCCNC(=O)COc1cc(O)c2c(=O)c(O)c(-c3ccc(O)c(O)c3)oc2c1. The summed E-state index contributed by atoms with van der Waals surface area (Å²) in [5, 5.41) is 51.6. The van der Waals surface area contributed by atoms with Gasteiger partial charge in [0.15, 0.2) is 23.9 Å². The molecule has 0 saturated carbocycles. The van der Waals surface area contributed by atoms with Crippen molar-refractivity contribution >= 4 is 40.6 Å². The molecule has 2 aliphatic heterocycles. The molecule has 2 fully saturated rings. The van der Waals surface area contributed by atoms with E-state index < -0.39 is 40.9 Å². The highest BCUT2D eigenvalue weighted by atomic mass is 32.2. The highest BCUT2D eigenvalue weighted by Crippen LogP contribution is 2.38. The largest absolute Gasteiger partial charge is 0.507 e. The van der Waals surface area contributed by atoms with E-state index in [1.54, 1.807) is 0 Å². The molecule has 270 valence electrons. The summed E-state index contributed by atoms with van der Waals surface area (Å²) >= 11 is 1.87. The molecule has 5 rings (SSSR count). The van der Waals surface area contributed by atoms with E-state index in [1.165, 1.54) is 12.1 Å². The smallest absolute Gasteiger partial charge is 0.315 e. The first-order valence-electron chi connectivity index (χ1n) is 16.2. The number of fused-ring (bicyclic) bond motifs is 2. The number of amides is 4. The number of ether oxygens (including phenoxy) is 3. The monoisotopic (exact) mass is 716 g/mol. The van der Waals surface area contributed by atoms with E-state index in [9.17, 15) is 39.6 Å². The average Bonchev–Trinajstić information content (AvgIpc) is 3.64. The average molecular weight is 717 g/mol. The van der Waals surface area contributed by atoms with Crippen LogP contribution in [0.4, 0.5) is 4.79 Å². The third kappa shape index (κ3) is 9.42. The van der Waals surface area contributed by atoms with E-state index in [2.05, 4.69) is 21.3 Å². The molecule has 2 aromatic carbocycles. The van der Waals surface area contributed by atoms with Gasteiger partial charge in [-0.3, -0.25) is 14.4 Å². The van der Waals surface area contributed by atoms with Gasteiger partial charge in [-0.05, 0) is 31.0 Å². The van der Waals surface area contributed by atoms with Crippen molar-refractivity contribution in [1.29, 1.82) is 0 Å². The highest BCUT2D eigenvalue weighted by Gasteiger charge is 2.42. The summed E-state index contributed by atoms with van der Waals surface area (Å²) in [4.78, 5) is 48.5. The third-order valence-electron chi connectivity index (χ3n) is 8.12. The normalized spacial score (nSPS) is 18.0. The lowest BCUT2D eigenvalue weighted by Crippen LogP contribution is -2.36. The Balaban J connectivity index is 0.909. The number of carbonyl (C=O) groups is 3. The van der Waals surface area contributed by atoms with E-state index >= 15 is 0 Å². The van der Waals surface area contributed by atoms with E-state index in [0.717, 1.165) is 43.2 Å². The number of urea groups is 1. The molecule has 3 atom stereocenters. The molecule has 1 aromatic heterocycles. The van der Waals surface area contributed by atoms with Gasteiger partial charge in [-0.1, -0.05) is 6.42 Å². The van der Waals surface area contributed by atoms with E-state index in [1.807, 2.05) is 11.8 Å². The number of hydrogen-bond donors (Lipinski definition) is 8. The van der Waals surface area contributed by atoms with Crippen LogP contribution >= 0.6 is 11.8 Å². The first-order valence-corrected chi connectivity index (χ1v) is 17.2. The van der Waals surface area contributed by atoms with Crippen molar-refractivity contribution in [1.82, 2.24) is 21.3 Å². The second kappa shape index (κ2) is 17.2. The maximum absolute atomic E-state index is 12.7. The molecule has 17 heteroatoms. The summed E-state index contributed by atoms with van der Waals surface area (Å²) in [6.07, 6.45) is 3.12. The Labute approximate surface area is 290 Å². The number of benzene rings is 2. The maximum atomic E-state index is 12.7. The highest BCUT2D eigenvalue weighted by molar-refractivity contribution is 8.00. The van der Waals surface area contributed by atoms with Gasteiger partial charge in [-0.2, -0.15) is 11.8 Å². The number of aromatic hydroxyl groups is 4. The molecule has 0 radical (unpaired) electrons. The molecule has 50 heavy (non-hydrogen) atoms. The molecule has 16 nitrogen and oxygen atoms in total. The number of rotatable bonds is 18. The summed E-state index contributed by atoms with van der Waals surface area (Å²) in [6.45, 7) is 1.34. The van der Waals surface area contributed by atoms with Crippen LogP contribution in [0.1, 0.15) is 25.7 Å². The Hall–Kier alpha value is -4.87. The van der Waals surface area contributed by atoms with Crippen LogP contribution in [0.3, 0.4) is 0 Å². The molecule has 2 aliphatic rings. The van der Waals surface area contributed by atoms with Crippen LogP contribution in [0.15, 0.2) is 39.5 Å². The van der Waals surface area contributed by atoms with Crippen molar-refractivity contribution in [3.8, 4) is 40.1 Å². The predicted octanol–water partition coefficient (Wildman–Crippen LogP) is 1.65. The van der Waals surface area contributed by atoms with Crippen LogP contribution < -0.4 is 31.4 Å². The van der Waals surface area contributed by atoms with Crippen LogP contribution in [-0.2, 0) is 19.1 Å². The summed E-state index contributed by atoms with van der Waals surface area (Å²) in [6, 6.07) is 6.23. The lowest BCUT2D eigenvalue weighted by atomic mass is 10.0. The molecule has 0 aliphatic carbocycles. The van der Waals surface area contributed by atoms with Gasteiger partial charge in [-0.25, -0.2) is 4.79 Å². The van der Waals surface area contributed by atoms with Crippen molar-refractivity contribution < 1.29 is 53.4 Å². The lowest BCUT2D eigenvalue weighted by molar-refractivity contribution is -0.123. The van der Waals surface area contributed by atoms with Gasteiger partial charge >= 0.3 is 6.03 Å². The van der Waals surface area contributed by atoms with Gasteiger partial charge in [0, 0.05) is 48.2 Å². The first-order chi connectivity index (χ1) is 24.1. The second-order valence-corrected chi connectivity index (χ2v) is 13.0. The summed E-state index contributed by atoms with van der Waals surface area (Å²) < 4.78 is 22.0. The van der Waals surface area contributed by atoms with Crippen molar-refractivity contribution in [2.75, 3.05) is 51.9 Å². The lowest BCUT2D eigenvalue weighted by Gasteiger charge is -2.16. The van der Waals surface area contributed by atoms with E-state index in [-0.39, 0.29) is 65.2 Å². The molecular weight excluding hydrogens is 676 g/mol. The van der Waals surface area contributed by atoms with Gasteiger partial charge in [-0.15, -0.1) is 0 Å². The zero-order chi connectivity index (χ0) is 35.6. The fraction of sp³-hybridized carbons (Fsp3) is 0.455. The molecule has 0 bridgehead atoms. The predicted molar refractivity (Wildman–Crippen MR) is 182 cm³/mol. The van der Waals surface area contributed by atoms with Gasteiger partial charge in [0.1, 0.15) is 22.5 Å². The summed E-state index contributed by atoms with van der Waals surface area (Å²) in [7, 11) is 0. The molecule has 3 heterocycles. The van der Waals surface area contributed by atoms with Crippen molar-refractivity contribution in [3.05, 3.63) is 40.6 Å². The quantitative estimate of drug-likeness (QED) is 0.0532. The van der Waals surface area contributed by atoms with Crippen LogP contribution in [0.2, 0.25) is 0 Å². The zero-order valence-electron chi connectivity index (χ0n) is 27.1. The summed E-state index contributed by atoms with van der Waals surface area (Å²) in [5.41, 5.74) is -0.981. The van der Waals surface area contributed by atoms with Gasteiger partial charge in [0.2, 0.25) is 17.1 Å². The fourth-order valence-electron chi connectivity index (χ4n) is 5.62. The third-order valence-corrected chi connectivity index (χ3v) is 9.63. The number of unbranched alkanes of at least 4 members (excludes halogenated alkanes) is 1. The van der Waals surface area contributed by atoms with E-state index in [0.29, 0.717) is 38.0 Å². The van der Waals surface area contributed by atoms with Gasteiger partial charge in [0.25, 0.3) is 5.91 Å². The summed E-state index contributed by atoms with van der Waals surface area (Å²) in [5.74, 6) is -2.12. The van der Waals surface area contributed by atoms with Crippen molar-refractivity contribution in [2.24, 2.45) is 0 Å². The molecular formula is C33H40N4O12S. The molecule has 4 amide bonds. The Bertz CT molecular complexity index is 1750. The fourth-order valence-corrected chi connectivity index (χ4v) is 7.16. The van der Waals surface area contributed by atoms with Gasteiger partial charge in [0.05, 0.1) is 38.5 Å². The molecule has 0 unspecified atom stereocenters. The number of carbonyl (C=O) groups excluding carboxylic acids is 3. The number of nitrogens with one attached hydrogen (secondary N) is 4. The Morgan fingerprint density at radius 1 is 0.880 bits per heavy atom. The second-order valence-electron chi connectivity index (χ2n) is 11.7. The number of phenols is 3.